The quantitative estimate of drug-likeness (QED) is 0.539. The lowest BCUT2D eigenvalue weighted by Gasteiger charge is -2.12. The molecule has 0 fully saturated rings. The molecule has 0 saturated carbocycles. The predicted octanol–water partition coefficient (Wildman–Crippen LogP) is 2.20. The molecule has 0 aromatic rings. The summed E-state index contributed by atoms with van der Waals surface area (Å²) in [6.45, 7) is 5.50. The zero-order valence-corrected chi connectivity index (χ0v) is 6.87. The van der Waals surface area contributed by atoms with E-state index in [4.69, 9.17) is 11.6 Å². The van der Waals surface area contributed by atoms with Crippen molar-refractivity contribution in [3.63, 3.8) is 0 Å². The predicted molar refractivity (Wildman–Crippen MR) is 42.4 cm³/mol. The zero-order chi connectivity index (χ0) is 7.44. The first-order valence-corrected chi connectivity index (χ1v) is 3.13. The molecule has 0 unspecified atom stereocenters. The minimum absolute atomic E-state index is 0.708. The van der Waals surface area contributed by atoms with Crippen LogP contribution in [0.15, 0.2) is 23.4 Å². The van der Waals surface area contributed by atoms with Crippen LogP contribution in [-0.4, -0.2) is 19.0 Å². The molecule has 0 rings (SSSR count). The molecule has 0 aliphatic heterocycles. The Morgan fingerprint density at radius 1 is 1.56 bits per heavy atom. The van der Waals surface area contributed by atoms with Gasteiger partial charge in [0.2, 0.25) is 0 Å². The van der Waals surface area contributed by atoms with Gasteiger partial charge in [-0.15, -0.1) is 0 Å². The first kappa shape index (κ1) is 8.57. The van der Waals surface area contributed by atoms with Crippen LogP contribution in [0.25, 0.3) is 0 Å². The number of rotatable bonds is 2. The third-order valence-corrected chi connectivity index (χ3v) is 1.62. The summed E-state index contributed by atoms with van der Waals surface area (Å²) < 4.78 is 0. The number of hydrogen-bond acceptors (Lipinski definition) is 1. The van der Waals surface area contributed by atoms with Crippen molar-refractivity contribution in [3.05, 3.63) is 23.4 Å². The van der Waals surface area contributed by atoms with Crippen LogP contribution >= 0.6 is 11.6 Å². The summed E-state index contributed by atoms with van der Waals surface area (Å²) in [5, 5.41) is 0.708. The van der Waals surface area contributed by atoms with Crippen LogP contribution < -0.4 is 0 Å². The maximum atomic E-state index is 5.73. The Morgan fingerprint density at radius 3 is 2.11 bits per heavy atom. The van der Waals surface area contributed by atoms with E-state index in [0.29, 0.717) is 5.03 Å². The fraction of sp³-hybridized carbons (Fsp3) is 0.429. The molecule has 9 heavy (non-hydrogen) atoms. The maximum Gasteiger partial charge on any atom is 0.0588 e. The van der Waals surface area contributed by atoms with Gasteiger partial charge in [0, 0.05) is 19.8 Å². The summed E-state index contributed by atoms with van der Waals surface area (Å²) in [4.78, 5) is 1.95. The normalized spacial score (nSPS) is 12.4. The van der Waals surface area contributed by atoms with Crippen molar-refractivity contribution < 1.29 is 0 Å². The molecule has 0 atom stereocenters. The molecule has 0 bridgehead atoms. The maximum absolute atomic E-state index is 5.73. The van der Waals surface area contributed by atoms with Crippen molar-refractivity contribution >= 4 is 11.6 Å². The van der Waals surface area contributed by atoms with Crippen molar-refractivity contribution in [3.8, 4) is 0 Å². The topological polar surface area (TPSA) is 3.24 Å². The largest absolute Gasteiger partial charge is 0.380 e. The second kappa shape index (κ2) is 3.57. The average molecular weight is 146 g/mol. The molecule has 0 aromatic heterocycles. The standard InChI is InChI=1S/C7H12ClN/c1-5-7(8)6(2)9(3)4/h5H,1H2,2-4H3/b7-6+. The smallest absolute Gasteiger partial charge is 0.0588 e. The van der Waals surface area contributed by atoms with Crippen molar-refractivity contribution in [2.45, 2.75) is 6.92 Å². The molecular formula is C7H12ClN. The van der Waals surface area contributed by atoms with Gasteiger partial charge in [0.15, 0.2) is 0 Å². The molecule has 0 radical (unpaired) electrons. The molecule has 0 amide bonds. The Kier molecular flexibility index (Phi) is 3.40. The number of halogens is 1. The van der Waals surface area contributed by atoms with Crippen molar-refractivity contribution in [1.29, 1.82) is 0 Å². The molecule has 52 valence electrons. The van der Waals surface area contributed by atoms with Gasteiger partial charge in [0.25, 0.3) is 0 Å². The molecule has 0 saturated heterocycles. The molecular weight excluding hydrogens is 134 g/mol. The SMILES string of the molecule is C=C/C(Cl)=C(/C)N(C)C. The van der Waals surface area contributed by atoms with E-state index in [1.54, 1.807) is 6.08 Å². The highest BCUT2D eigenvalue weighted by Gasteiger charge is 1.94. The van der Waals surface area contributed by atoms with E-state index >= 15 is 0 Å². The van der Waals surface area contributed by atoms with Gasteiger partial charge >= 0.3 is 0 Å². The summed E-state index contributed by atoms with van der Waals surface area (Å²) >= 11 is 5.73. The molecule has 0 spiro atoms. The van der Waals surface area contributed by atoms with Gasteiger partial charge in [0.1, 0.15) is 0 Å². The van der Waals surface area contributed by atoms with Gasteiger partial charge in [-0.1, -0.05) is 18.2 Å². The van der Waals surface area contributed by atoms with Gasteiger partial charge in [-0.05, 0) is 13.0 Å². The first-order chi connectivity index (χ1) is 4.09. The van der Waals surface area contributed by atoms with Gasteiger partial charge in [-0.25, -0.2) is 0 Å². The fourth-order valence-electron chi connectivity index (χ4n) is 0.361. The van der Waals surface area contributed by atoms with Gasteiger partial charge in [-0.2, -0.15) is 0 Å². The van der Waals surface area contributed by atoms with Crippen LogP contribution in [0, 0.1) is 0 Å². The third-order valence-electron chi connectivity index (χ3n) is 1.20. The monoisotopic (exact) mass is 145 g/mol. The van der Waals surface area contributed by atoms with Crippen LogP contribution in [0.1, 0.15) is 6.92 Å². The Balaban J connectivity index is 4.27. The van der Waals surface area contributed by atoms with Crippen LogP contribution in [0.5, 0.6) is 0 Å². The van der Waals surface area contributed by atoms with Gasteiger partial charge in [-0.3, -0.25) is 0 Å². The van der Waals surface area contributed by atoms with Crippen molar-refractivity contribution in [2.75, 3.05) is 14.1 Å². The van der Waals surface area contributed by atoms with E-state index < -0.39 is 0 Å². The molecule has 0 aliphatic rings. The van der Waals surface area contributed by atoms with Crippen molar-refractivity contribution in [1.82, 2.24) is 4.90 Å². The zero-order valence-electron chi connectivity index (χ0n) is 6.11. The summed E-state index contributed by atoms with van der Waals surface area (Å²) in [5.74, 6) is 0. The van der Waals surface area contributed by atoms with E-state index in [0.717, 1.165) is 5.70 Å². The Labute approximate surface area is 61.6 Å². The number of hydrogen-bond donors (Lipinski definition) is 0. The summed E-state index contributed by atoms with van der Waals surface area (Å²) in [7, 11) is 3.89. The third kappa shape index (κ3) is 2.56. The molecule has 0 aliphatic carbocycles. The molecule has 0 N–H and O–H groups in total. The lowest BCUT2D eigenvalue weighted by molar-refractivity contribution is 0.512. The summed E-state index contributed by atoms with van der Waals surface area (Å²) in [6, 6.07) is 0. The van der Waals surface area contributed by atoms with Crippen molar-refractivity contribution in [2.24, 2.45) is 0 Å². The van der Waals surface area contributed by atoms with Gasteiger partial charge in [0.05, 0.1) is 5.03 Å². The highest BCUT2D eigenvalue weighted by atomic mass is 35.5. The first-order valence-electron chi connectivity index (χ1n) is 2.75. The van der Waals surface area contributed by atoms with E-state index in [1.807, 2.05) is 25.9 Å². The lowest BCUT2D eigenvalue weighted by atomic mass is 10.4. The molecule has 0 aromatic carbocycles. The average Bonchev–Trinajstić information content (AvgIpc) is 1.84. The van der Waals surface area contributed by atoms with E-state index in [1.165, 1.54) is 0 Å². The Hall–Kier alpha value is -0.430. The number of allylic oxidation sites excluding steroid dienone is 3. The highest BCUT2D eigenvalue weighted by molar-refractivity contribution is 6.31. The summed E-state index contributed by atoms with van der Waals surface area (Å²) in [6.07, 6.45) is 1.64. The highest BCUT2D eigenvalue weighted by Crippen LogP contribution is 2.10. The minimum atomic E-state index is 0.708. The van der Waals surface area contributed by atoms with E-state index in [-0.39, 0.29) is 0 Å². The number of nitrogens with zero attached hydrogens (tertiary/aromatic N) is 1. The Morgan fingerprint density at radius 2 is 2.00 bits per heavy atom. The van der Waals surface area contributed by atoms with Gasteiger partial charge < -0.3 is 4.90 Å². The summed E-state index contributed by atoms with van der Waals surface area (Å²) in [5.41, 5.74) is 1.03. The van der Waals surface area contributed by atoms with E-state index in [2.05, 4.69) is 6.58 Å². The lowest BCUT2D eigenvalue weighted by Crippen LogP contribution is -2.08. The van der Waals surface area contributed by atoms with Crippen LogP contribution in [0.3, 0.4) is 0 Å². The van der Waals surface area contributed by atoms with E-state index in [9.17, 15) is 0 Å². The molecule has 2 heteroatoms. The fourth-order valence-corrected chi connectivity index (χ4v) is 0.530. The second-order valence-corrected chi connectivity index (χ2v) is 2.44. The Bertz CT molecular complexity index is 136. The molecule has 1 nitrogen and oxygen atoms in total. The molecule has 0 heterocycles. The van der Waals surface area contributed by atoms with Crippen LogP contribution in [0.2, 0.25) is 0 Å². The minimum Gasteiger partial charge on any atom is -0.380 e. The van der Waals surface area contributed by atoms with Crippen LogP contribution in [0.4, 0.5) is 0 Å². The van der Waals surface area contributed by atoms with Crippen LogP contribution in [-0.2, 0) is 0 Å². The second-order valence-electron chi connectivity index (χ2n) is 2.03.